The van der Waals surface area contributed by atoms with Gasteiger partial charge in [-0.25, -0.2) is 4.39 Å². The minimum Gasteiger partial charge on any atom is -0.322 e. The van der Waals surface area contributed by atoms with Crippen molar-refractivity contribution in [1.82, 2.24) is 5.32 Å². The van der Waals surface area contributed by atoms with Crippen molar-refractivity contribution in [1.29, 1.82) is 0 Å². The van der Waals surface area contributed by atoms with Gasteiger partial charge in [0.15, 0.2) is 0 Å². The summed E-state index contributed by atoms with van der Waals surface area (Å²) in [6.07, 6.45) is 1.63. The average Bonchev–Trinajstić information content (AvgIpc) is 3.06. The topological polar surface area (TPSA) is 87.3 Å². The summed E-state index contributed by atoms with van der Waals surface area (Å²) in [6, 6.07) is 37.0. The van der Waals surface area contributed by atoms with Gasteiger partial charge in [0.2, 0.25) is 5.91 Å². The molecule has 0 spiro atoms. The molecule has 1 unspecified atom stereocenters. The molecule has 0 radical (unpaired) electrons. The first-order chi connectivity index (χ1) is 22.2. The Bertz CT molecular complexity index is 1880. The van der Waals surface area contributed by atoms with Crippen molar-refractivity contribution in [3.05, 3.63) is 166 Å². The standard InChI is InChI=1S/C37H29BrFN3O3S/c1-24-9-8-10-25(21-24)22-33(42-35(43)27-13-6-3-7-14-27)36(44)40-29-16-18-30(19-17-29)46-34(26-11-4-2-5-12-26)37(45)41-32-20-15-28(38)23-31(32)39/h2-23,34H,1H3,(H,40,44)(H,41,45)(H,42,43)/b33-22-. The van der Waals surface area contributed by atoms with E-state index in [9.17, 15) is 18.8 Å². The number of carbonyl (C=O) groups excluding carboxylic acids is 3. The molecule has 1 atom stereocenters. The van der Waals surface area contributed by atoms with Gasteiger partial charge in [-0.1, -0.05) is 94.3 Å². The molecule has 0 heterocycles. The summed E-state index contributed by atoms with van der Waals surface area (Å²) in [5, 5.41) is 7.63. The molecular formula is C37H29BrFN3O3S. The van der Waals surface area contributed by atoms with Crippen LogP contribution in [-0.2, 0) is 9.59 Å². The van der Waals surface area contributed by atoms with Crippen molar-refractivity contribution in [2.75, 3.05) is 10.6 Å². The quantitative estimate of drug-likeness (QED) is 0.101. The Kier molecular flexibility index (Phi) is 10.8. The van der Waals surface area contributed by atoms with Crippen molar-refractivity contribution < 1.29 is 18.8 Å². The number of halogens is 2. The molecule has 0 bridgehead atoms. The second kappa shape index (κ2) is 15.3. The molecule has 230 valence electrons. The van der Waals surface area contributed by atoms with Gasteiger partial charge in [0.1, 0.15) is 16.8 Å². The molecule has 0 aromatic heterocycles. The van der Waals surface area contributed by atoms with Gasteiger partial charge in [-0.3, -0.25) is 14.4 Å². The lowest BCUT2D eigenvalue weighted by Gasteiger charge is -2.18. The zero-order valence-corrected chi connectivity index (χ0v) is 27.1. The number of thioether (sulfide) groups is 1. The highest BCUT2D eigenvalue weighted by molar-refractivity contribution is 9.10. The minimum absolute atomic E-state index is 0.0823. The van der Waals surface area contributed by atoms with Crippen molar-refractivity contribution in [2.24, 2.45) is 0 Å². The Morgan fingerprint density at radius 1 is 0.783 bits per heavy atom. The number of anilines is 2. The van der Waals surface area contributed by atoms with Crippen molar-refractivity contribution >= 4 is 62.9 Å². The highest BCUT2D eigenvalue weighted by Gasteiger charge is 2.23. The van der Waals surface area contributed by atoms with Crippen LogP contribution in [-0.4, -0.2) is 17.7 Å². The highest BCUT2D eigenvalue weighted by Crippen LogP contribution is 2.37. The van der Waals surface area contributed by atoms with Crippen LogP contribution >= 0.6 is 27.7 Å². The fourth-order valence-corrected chi connectivity index (χ4v) is 5.87. The van der Waals surface area contributed by atoms with E-state index < -0.39 is 22.9 Å². The molecular weight excluding hydrogens is 665 g/mol. The Hall–Kier alpha value is -4.99. The van der Waals surface area contributed by atoms with Gasteiger partial charge in [0.25, 0.3) is 11.8 Å². The van der Waals surface area contributed by atoms with Crippen LogP contribution in [0.2, 0.25) is 0 Å². The van der Waals surface area contributed by atoms with Crippen LogP contribution in [0.25, 0.3) is 6.08 Å². The predicted molar refractivity (Wildman–Crippen MR) is 186 cm³/mol. The highest BCUT2D eigenvalue weighted by atomic mass is 79.9. The molecule has 3 amide bonds. The Morgan fingerprint density at radius 2 is 1.48 bits per heavy atom. The van der Waals surface area contributed by atoms with Gasteiger partial charge in [0, 0.05) is 20.6 Å². The first-order valence-electron chi connectivity index (χ1n) is 14.3. The van der Waals surface area contributed by atoms with Crippen LogP contribution in [0.5, 0.6) is 0 Å². The molecule has 3 N–H and O–H groups in total. The number of hydrogen-bond donors (Lipinski definition) is 3. The summed E-state index contributed by atoms with van der Waals surface area (Å²) < 4.78 is 15.1. The third-order valence-corrected chi connectivity index (χ3v) is 8.54. The minimum atomic E-state index is -0.679. The molecule has 0 aliphatic heterocycles. The smallest absolute Gasteiger partial charge is 0.272 e. The summed E-state index contributed by atoms with van der Waals surface area (Å²) in [6.45, 7) is 1.95. The number of carbonyl (C=O) groups is 3. The Morgan fingerprint density at radius 3 is 2.15 bits per heavy atom. The molecule has 9 heteroatoms. The SMILES string of the molecule is Cc1cccc(/C=C(\NC(=O)c2ccccc2)C(=O)Nc2ccc(SC(C(=O)Nc3ccc(Br)cc3F)c3ccccc3)cc2)c1. The lowest BCUT2D eigenvalue weighted by molar-refractivity contribution is -0.116. The second-order valence-corrected chi connectivity index (χ2v) is 12.4. The van der Waals surface area contributed by atoms with E-state index in [-0.39, 0.29) is 17.3 Å². The third-order valence-electron chi connectivity index (χ3n) is 6.78. The fourth-order valence-electron chi connectivity index (χ4n) is 4.51. The van der Waals surface area contributed by atoms with Crippen molar-refractivity contribution in [3.63, 3.8) is 0 Å². The largest absolute Gasteiger partial charge is 0.322 e. The number of rotatable bonds is 10. The summed E-state index contributed by atoms with van der Waals surface area (Å²) in [5.74, 6) is -1.83. The van der Waals surface area contributed by atoms with E-state index in [2.05, 4.69) is 31.9 Å². The van der Waals surface area contributed by atoms with E-state index in [4.69, 9.17) is 0 Å². The summed E-state index contributed by atoms with van der Waals surface area (Å²) in [5.41, 5.74) is 3.61. The maximum Gasteiger partial charge on any atom is 0.272 e. The van der Waals surface area contributed by atoms with E-state index in [0.717, 1.165) is 21.6 Å². The van der Waals surface area contributed by atoms with Gasteiger partial charge in [0.05, 0.1) is 5.69 Å². The third kappa shape index (κ3) is 8.80. The van der Waals surface area contributed by atoms with E-state index >= 15 is 0 Å². The summed E-state index contributed by atoms with van der Waals surface area (Å²) in [7, 11) is 0. The second-order valence-electron chi connectivity index (χ2n) is 10.3. The van der Waals surface area contributed by atoms with Gasteiger partial charge >= 0.3 is 0 Å². The molecule has 0 saturated carbocycles. The molecule has 5 aromatic carbocycles. The van der Waals surface area contributed by atoms with Crippen LogP contribution in [0.3, 0.4) is 0 Å². The number of amides is 3. The normalized spacial score (nSPS) is 11.8. The first kappa shape index (κ1) is 32.4. The molecule has 6 nitrogen and oxygen atoms in total. The van der Waals surface area contributed by atoms with Gasteiger partial charge in [-0.05, 0) is 78.7 Å². The maximum absolute atomic E-state index is 14.5. The number of hydrogen-bond acceptors (Lipinski definition) is 4. The van der Waals surface area contributed by atoms with Crippen LogP contribution < -0.4 is 16.0 Å². The lowest BCUT2D eigenvalue weighted by Crippen LogP contribution is -2.30. The first-order valence-corrected chi connectivity index (χ1v) is 16.0. The molecule has 46 heavy (non-hydrogen) atoms. The van der Waals surface area contributed by atoms with Crippen LogP contribution in [0.4, 0.5) is 15.8 Å². The summed E-state index contributed by atoms with van der Waals surface area (Å²) in [4.78, 5) is 40.5. The number of benzene rings is 5. The molecule has 5 rings (SSSR count). The molecule has 0 aliphatic carbocycles. The monoisotopic (exact) mass is 693 g/mol. The van der Waals surface area contributed by atoms with Crippen LogP contribution in [0.15, 0.2) is 142 Å². The van der Waals surface area contributed by atoms with Crippen LogP contribution in [0.1, 0.15) is 32.3 Å². The zero-order valence-electron chi connectivity index (χ0n) is 24.7. The number of aryl methyl sites for hydroxylation is 1. The molecule has 0 fully saturated rings. The molecule has 5 aromatic rings. The molecule has 0 aliphatic rings. The van der Waals surface area contributed by atoms with Gasteiger partial charge in [-0.2, -0.15) is 0 Å². The van der Waals surface area contributed by atoms with Crippen LogP contribution in [0, 0.1) is 12.7 Å². The number of nitrogens with one attached hydrogen (secondary N) is 3. The van der Waals surface area contributed by atoms with E-state index in [0.29, 0.717) is 15.7 Å². The zero-order chi connectivity index (χ0) is 32.5. The molecule has 0 saturated heterocycles. The van der Waals surface area contributed by atoms with E-state index in [1.165, 1.54) is 23.9 Å². The summed E-state index contributed by atoms with van der Waals surface area (Å²) >= 11 is 4.53. The Labute approximate surface area is 279 Å². The van der Waals surface area contributed by atoms with Crippen molar-refractivity contribution in [3.8, 4) is 0 Å². The van der Waals surface area contributed by atoms with E-state index in [1.54, 1.807) is 60.7 Å². The fraction of sp³-hybridized carbons (Fsp3) is 0.0541. The Balaban J connectivity index is 1.33. The maximum atomic E-state index is 14.5. The van der Waals surface area contributed by atoms with E-state index in [1.807, 2.05) is 67.6 Å². The predicted octanol–water partition coefficient (Wildman–Crippen LogP) is 8.78. The van der Waals surface area contributed by atoms with Gasteiger partial charge in [-0.15, -0.1) is 11.8 Å². The van der Waals surface area contributed by atoms with Gasteiger partial charge < -0.3 is 16.0 Å². The average molecular weight is 695 g/mol. The van der Waals surface area contributed by atoms with Crippen molar-refractivity contribution in [2.45, 2.75) is 17.1 Å². The lowest BCUT2D eigenvalue weighted by atomic mass is 10.1.